The minimum Gasteiger partial charge on any atom is -0.273 e. The van der Waals surface area contributed by atoms with Crippen LogP contribution in [-0.4, -0.2) is 14.3 Å². The molecule has 0 saturated carbocycles. The Bertz CT molecular complexity index is 858. The molecule has 0 saturated heterocycles. The first-order chi connectivity index (χ1) is 10.7. The molecule has 2 aromatic rings. The van der Waals surface area contributed by atoms with E-state index in [1.807, 2.05) is 26.0 Å². The van der Waals surface area contributed by atoms with Gasteiger partial charge < -0.3 is 0 Å². The second-order valence-electron chi connectivity index (χ2n) is 5.65. The van der Waals surface area contributed by atoms with Crippen molar-refractivity contribution >= 4 is 15.9 Å². The van der Waals surface area contributed by atoms with Gasteiger partial charge in [0.05, 0.1) is 4.90 Å². The number of nitrogens with one attached hydrogen (secondary N) is 2. The molecule has 23 heavy (non-hydrogen) atoms. The number of amides is 1. The first-order valence-electron chi connectivity index (χ1n) is 7.17. The standard InChI is InChI=1S/C17H20N2O3S/c1-11-6-8-15(14(4)9-11)17(20)18-19-23(21,22)16-10-12(2)5-7-13(16)3/h5-10,19H,1-4H3,(H,18,20). The van der Waals surface area contributed by atoms with Crippen LogP contribution in [0, 0.1) is 27.7 Å². The maximum absolute atomic E-state index is 12.4. The van der Waals surface area contributed by atoms with E-state index in [0.717, 1.165) is 16.7 Å². The fourth-order valence-corrected chi connectivity index (χ4v) is 3.47. The number of benzene rings is 2. The van der Waals surface area contributed by atoms with E-state index in [0.29, 0.717) is 11.1 Å². The van der Waals surface area contributed by atoms with Gasteiger partial charge in [0.2, 0.25) is 0 Å². The van der Waals surface area contributed by atoms with E-state index in [-0.39, 0.29) is 4.90 Å². The van der Waals surface area contributed by atoms with Crippen molar-refractivity contribution in [3.05, 3.63) is 64.2 Å². The van der Waals surface area contributed by atoms with Gasteiger partial charge >= 0.3 is 0 Å². The summed E-state index contributed by atoms with van der Waals surface area (Å²) in [5, 5.41) is 0. The van der Waals surface area contributed by atoms with E-state index in [2.05, 4.69) is 10.3 Å². The van der Waals surface area contributed by atoms with E-state index in [4.69, 9.17) is 0 Å². The maximum atomic E-state index is 12.4. The Balaban J connectivity index is 2.19. The topological polar surface area (TPSA) is 75.3 Å². The van der Waals surface area contributed by atoms with Crippen LogP contribution >= 0.6 is 0 Å². The average Bonchev–Trinajstić information content (AvgIpc) is 2.47. The number of hydrogen-bond acceptors (Lipinski definition) is 3. The van der Waals surface area contributed by atoms with Gasteiger partial charge in [0.25, 0.3) is 15.9 Å². The number of aryl methyl sites for hydroxylation is 4. The fourth-order valence-electron chi connectivity index (χ4n) is 2.30. The maximum Gasteiger partial charge on any atom is 0.266 e. The monoisotopic (exact) mass is 332 g/mol. The van der Waals surface area contributed by atoms with Crippen LogP contribution in [0.2, 0.25) is 0 Å². The number of rotatable bonds is 4. The van der Waals surface area contributed by atoms with Gasteiger partial charge in [0, 0.05) is 5.56 Å². The Hall–Kier alpha value is -2.18. The molecule has 0 radical (unpaired) electrons. The molecule has 2 N–H and O–H groups in total. The first kappa shape index (κ1) is 17.2. The summed E-state index contributed by atoms with van der Waals surface area (Å²) in [6, 6.07) is 10.5. The molecule has 0 fully saturated rings. The highest BCUT2D eigenvalue weighted by molar-refractivity contribution is 7.89. The molecule has 0 aliphatic heterocycles. The number of hydrazine groups is 1. The number of sulfonamides is 1. The van der Waals surface area contributed by atoms with Crippen LogP contribution in [0.5, 0.6) is 0 Å². The van der Waals surface area contributed by atoms with Crippen LogP contribution < -0.4 is 10.3 Å². The van der Waals surface area contributed by atoms with Crippen molar-refractivity contribution in [2.75, 3.05) is 0 Å². The normalized spacial score (nSPS) is 11.3. The Morgan fingerprint density at radius 2 is 1.48 bits per heavy atom. The zero-order valence-electron chi connectivity index (χ0n) is 13.6. The van der Waals surface area contributed by atoms with Gasteiger partial charge in [-0.25, -0.2) is 8.42 Å². The summed E-state index contributed by atoms with van der Waals surface area (Å²) < 4.78 is 24.7. The van der Waals surface area contributed by atoms with Crippen LogP contribution in [0.4, 0.5) is 0 Å². The Kier molecular flexibility index (Phi) is 4.87. The third-order valence-electron chi connectivity index (χ3n) is 3.56. The summed E-state index contributed by atoms with van der Waals surface area (Å²) in [6.45, 7) is 7.26. The summed E-state index contributed by atoms with van der Waals surface area (Å²) in [5.74, 6) is -0.489. The molecule has 0 aliphatic rings. The predicted octanol–water partition coefficient (Wildman–Crippen LogP) is 2.54. The molecular weight excluding hydrogens is 312 g/mol. The molecule has 0 aromatic heterocycles. The van der Waals surface area contributed by atoms with Crippen molar-refractivity contribution in [3.63, 3.8) is 0 Å². The van der Waals surface area contributed by atoms with Gasteiger partial charge in [-0.1, -0.05) is 29.8 Å². The molecule has 1 amide bonds. The van der Waals surface area contributed by atoms with Crippen LogP contribution in [0.3, 0.4) is 0 Å². The molecule has 0 bridgehead atoms. The van der Waals surface area contributed by atoms with E-state index >= 15 is 0 Å². The minimum atomic E-state index is -3.82. The summed E-state index contributed by atoms with van der Waals surface area (Å²) >= 11 is 0. The van der Waals surface area contributed by atoms with Crippen LogP contribution in [0.1, 0.15) is 32.6 Å². The van der Waals surface area contributed by atoms with E-state index < -0.39 is 15.9 Å². The van der Waals surface area contributed by atoms with E-state index in [1.54, 1.807) is 38.1 Å². The fraction of sp³-hybridized carbons (Fsp3) is 0.235. The van der Waals surface area contributed by atoms with E-state index in [9.17, 15) is 13.2 Å². The van der Waals surface area contributed by atoms with Crippen LogP contribution in [0.15, 0.2) is 41.3 Å². The third-order valence-corrected chi connectivity index (χ3v) is 4.95. The smallest absolute Gasteiger partial charge is 0.266 e. The molecule has 0 atom stereocenters. The molecule has 6 heteroatoms. The van der Waals surface area contributed by atoms with Crippen molar-refractivity contribution in [1.82, 2.24) is 10.3 Å². The number of carbonyl (C=O) groups is 1. The lowest BCUT2D eigenvalue weighted by molar-refractivity contribution is 0.0944. The highest BCUT2D eigenvalue weighted by Crippen LogP contribution is 2.16. The van der Waals surface area contributed by atoms with Gasteiger partial charge in [0.1, 0.15) is 0 Å². The summed E-state index contributed by atoms with van der Waals surface area (Å²) in [7, 11) is -3.82. The van der Waals surface area contributed by atoms with Crippen LogP contribution in [0.25, 0.3) is 0 Å². The number of carbonyl (C=O) groups excluding carboxylic acids is 1. The van der Waals surface area contributed by atoms with Gasteiger partial charge in [-0.3, -0.25) is 10.2 Å². The number of hydrogen-bond donors (Lipinski definition) is 2. The van der Waals surface area contributed by atoms with Crippen molar-refractivity contribution in [3.8, 4) is 0 Å². The molecule has 2 rings (SSSR count). The highest BCUT2D eigenvalue weighted by atomic mass is 32.2. The van der Waals surface area contributed by atoms with Gasteiger partial charge in [-0.2, -0.15) is 0 Å². The molecule has 122 valence electrons. The lowest BCUT2D eigenvalue weighted by atomic mass is 10.1. The highest BCUT2D eigenvalue weighted by Gasteiger charge is 2.18. The molecular formula is C17H20N2O3S. The molecule has 0 heterocycles. The lowest BCUT2D eigenvalue weighted by Gasteiger charge is -2.12. The predicted molar refractivity (Wildman–Crippen MR) is 89.6 cm³/mol. The summed E-state index contributed by atoms with van der Waals surface area (Å²) in [5.41, 5.74) is 5.97. The minimum absolute atomic E-state index is 0.151. The van der Waals surface area contributed by atoms with Gasteiger partial charge in [0.15, 0.2) is 0 Å². The van der Waals surface area contributed by atoms with Crippen molar-refractivity contribution < 1.29 is 13.2 Å². The summed E-state index contributed by atoms with van der Waals surface area (Å²) in [6.07, 6.45) is 0. The zero-order chi connectivity index (χ0) is 17.2. The average molecular weight is 332 g/mol. The zero-order valence-corrected chi connectivity index (χ0v) is 14.4. The quantitative estimate of drug-likeness (QED) is 0.845. The molecule has 0 unspecified atom stereocenters. The SMILES string of the molecule is Cc1ccc(C(=O)NNS(=O)(=O)c2cc(C)ccc2C)c(C)c1. The second kappa shape index (κ2) is 6.52. The Morgan fingerprint density at radius 1 is 0.870 bits per heavy atom. The molecule has 0 spiro atoms. The second-order valence-corrected chi connectivity index (χ2v) is 7.30. The van der Waals surface area contributed by atoms with Gasteiger partial charge in [-0.05, 0) is 56.5 Å². The third kappa shape index (κ3) is 3.97. The van der Waals surface area contributed by atoms with Crippen molar-refractivity contribution in [2.45, 2.75) is 32.6 Å². The Labute approximate surface area is 136 Å². The van der Waals surface area contributed by atoms with Gasteiger partial charge in [-0.15, -0.1) is 4.83 Å². The lowest BCUT2D eigenvalue weighted by Crippen LogP contribution is -2.42. The largest absolute Gasteiger partial charge is 0.273 e. The molecule has 2 aromatic carbocycles. The van der Waals surface area contributed by atoms with E-state index in [1.165, 1.54) is 0 Å². The molecule has 5 nitrogen and oxygen atoms in total. The van der Waals surface area contributed by atoms with Crippen molar-refractivity contribution in [2.24, 2.45) is 0 Å². The molecule has 0 aliphatic carbocycles. The van der Waals surface area contributed by atoms with Crippen molar-refractivity contribution in [1.29, 1.82) is 0 Å². The Morgan fingerprint density at radius 3 is 2.13 bits per heavy atom. The summed E-state index contributed by atoms with van der Waals surface area (Å²) in [4.78, 5) is 14.5. The van der Waals surface area contributed by atoms with Crippen LogP contribution in [-0.2, 0) is 10.0 Å². The first-order valence-corrected chi connectivity index (χ1v) is 8.65.